The smallest absolute Gasteiger partial charge is 0.244 e. The van der Waals surface area contributed by atoms with E-state index in [9.17, 15) is 0 Å². The molecule has 24 heavy (non-hydrogen) atoms. The van der Waals surface area contributed by atoms with Crippen LogP contribution in [0.25, 0.3) is 10.7 Å². The second-order valence-corrected chi connectivity index (χ2v) is 6.91. The molecule has 4 heterocycles. The van der Waals surface area contributed by atoms with Crippen LogP contribution in [0.1, 0.15) is 24.7 Å². The summed E-state index contributed by atoms with van der Waals surface area (Å²) < 4.78 is 5.49. The second-order valence-electron chi connectivity index (χ2n) is 5.96. The molecule has 1 aliphatic rings. The minimum absolute atomic E-state index is 0.136. The van der Waals surface area contributed by atoms with Crippen LogP contribution in [0.15, 0.2) is 34.4 Å². The van der Waals surface area contributed by atoms with E-state index >= 15 is 0 Å². The van der Waals surface area contributed by atoms with Crippen LogP contribution in [0, 0.1) is 0 Å². The molecule has 1 fully saturated rings. The van der Waals surface area contributed by atoms with Gasteiger partial charge in [0.25, 0.3) is 0 Å². The molecule has 126 valence electrons. The van der Waals surface area contributed by atoms with Gasteiger partial charge in [-0.15, -0.1) is 11.3 Å². The van der Waals surface area contributed by atoms with Gasteiger partial charge in [-0.3, -0.25) is 9.80 Å². The monoisotopic (exact) mass is 344 g/mol. The Hall–Kier alpha value is -2.03. The summed E-state index contributed by atoms with van der Waals surface area (Å²) in [5.41, 5.74) is 0. The summed E-state index contributed by atoms with van der Waals surface area (Å²) in [6, 6.07) is 4.15. The summed E-state index contributed by atoms with van der Waals surface area (Å²) >= 11 is 1.62. The van der Waals surface area contributed by atoms with Gasteiger partial charge < -0.3 is 9.51 Å². The van der Waals surface area contributed by atoms with Gasteiger partial charge in [0, 0.05) is 38.6 Å². The summed E-state index contributed by atoms with van der Waals surface area (Å²) in [5.74, 6) is 2.40. The summed E-state index contributed by atoms with van der Waals surface area (Å²) in [4.78, 5) is 17.9. The van der Waals surface area contributed by atoms with E-state index in [1.165, 1.54) is 0 Å². The number of aromatic nitrogens is 4. The minimum Gasteiger partial charge on any atom is -0.348 e. The molecule has 0 bridgehead atoms. The van der Waals surface area contributed by atoms with E-state index < -0.39 is 0 Å². The van der Waals surface area contributed by atoms with Crippen LogP contribution in [0.5, 0.6) is 0 Å². The summed E-state index contributed by atoms with van der Waals surface area (Å²) in [6.45, 7) is 7.00. The minimum atomic E-state index is 0.136. The molecule has 1 N–H and O–H groups in total. The second kappa shape index (κ2) is 6.84. The number of hydrogen-bond acceptors (Lipinski definition) is 7. The van der Waals surface area contributed by atoms with Gasteiger partial charge in [-0.05, 0) is 18.4 Å². The van der Waals surface area contributed by atoms with Gasteiger partial charge in [0.2, 0.25) is 11.7 Å². The van der Waals surface area contributed by atoms with Gasteiger partial charge >= 0.3 is 0 Å². The Balaban J connectivity index is 1.35. The first-order valence-electron chi connectivity index (χ1n) is 8.12. The highest BCUT2D eigenvalue weighted by Gasteiger charge is 2.26. The number of H-pyrrole nitrogens is 1. The van der Waals surface area contributed by atoms with Gasteiger partial charge in [-0.1, -0.05) is 11.2 Å². The zero-order chi connectivity index (χ0) is 16.4. The van der Waals surface area contributed by atoms with Crippen molar-refractivity contribution in [3.8, 4) is 10.7 Å². The van der Waals surface area contributed by atoms with Crippen molar-refractivity contribution in [2.24, 2.45) is 0 Å². The molecule has 0 amide bonds. The number of piperazine rings is 1. The van der Waals surface area contributed by atoms with Crippen LogP contribution >= 0.6 is 11.3 Å². The largest absolute Gasteiger partial charge is 0.348 e. The maximum absolute atomic E-state index is 5.49. The van der Waals surface area contributed by atoms with Crippen LogP contribution in [0.3, 0.4) is 0 Å². The topological polar surface area (TPSA) is 74.1 Å². The fourth-order valence-electron chi connectivity index (χ4n) is 2.97. The number of thiophene rings is 1. The highest BCUT2D eigenvalue weighted by atomic mass is 32.1. The summed E-state index contributed by atoms with van der Waals surface area (Å²) in [7, 11) is 0. The Morgan fingerprint density at radius 2 is 2.21 bits per heavy atom. The standard InChI is InChI=1S/C16H20N6OS/c1-12(16-19-15(20-23-16)13-3-2-10-24-13)22-8-6-21(7-9-22)11-14-17-4-5-18-14/h2-5,10,12H,6-9,11H2,1H3,(H,17,18). The zero-order valence-electron chi connectivity index (χ0n) is 13.6. The van der Waals surface area contributed by atoms with Crippen LogP contribution in [0.2, 0.25) is 0 Å². The first-order valence-corrected chi connectivity index (χ1v) is 9.00. The Labute approximate surface area is 144 Å². The molecule has 3 aromatic heterocycles. The fourth-order valence-corrected chi connectivity index (χ4v) is 3.62. The number of nitrogens with one attached hydrogen (secondary N) is 1. The lowest BCUT2D eigenvalue weighted by Crippen LogP contribution is -2.46. The third-order valence-electron chi connectivity index (χ3n) is 4.42. The van der Waals surface area contributed by atoms with Gasteiger partial charge in [-0.2, -0.15) is 4.98 Å². The molecule has 8 heteroatoms. The molecule has 0 radical (unpaired) electrons. The van der Waals surface area contributed by atoms with Crippen LogP contribution in [-0.2, 0) is 6.54 Å². The van der Waals surface area contributed by atoms with E-state index in [2.05, 4.69) is 36.8 Å². The molecule has 1 saturated heterocycles. The molecule has 4 rings (SSSR count). The number of imidazole rings is 1. The molecule has 1 atom stereocenters. The van der Waals surface area contributed by atoms with Crippen molar-refractivity contribution in [1.82, 2.24) is 29.9 Å². The Morgan fingerprint density at radius 1 is 1.33 bits per heavy atom. The molecule has 0 aromatic carbocycles. The average molecular weight is 344 g/mol. The molecule has 0 spiro atoms. The van der Waals surface area contributed by atoms with Gasteiger partial charge in [0.1, 0.15) is 5.82 Å². The van der Waals surface area contributed by atoms with Crippen LogP contribution in [-0.4, -0.2) is 56.1 Å². The first kappa shape index (κ1) is 15.5. The van der Waals surface area contributed by atoms with Crippen molar-refractivity contribution in [2.75, 3.05) is 26.2 Å². The lowest BCUT2D eigenvalue weighted by Gasteiger charge is -2.36. The lowest BCUT2D eigenvalue weighted by molar-refractivity contribution is 0.0833. The van der Waals surface area contributed by atoms with Crippen molar-refractivity contribution in [3.05, 3.63) is 41.6 Å². The van der Waals surface area contributed by atoms with E-state index in [0.29, 0.717) is 11.7 Å². The number of hydrogen-bond donors (Lipinski definition) is 1. The molecular formula is C16H20N6OS. The van der Waals surface area contributed by atoms with E-state index in [0.717, 1.165) is 43.4 Å². The predicted octanol–water partition coefficient (Wildman–Crippen LogP) is 2.40. The van der Waals surface area contributed by atoms with Crippen molar-refractivity contribution < 1.29 is 4.52 Å². The van der Waals surface area contributed by atoms with Gasteiger partial charge in [0.15, 0.2) is 0 Å². The number of nitrogens with zero attached hydrogens (tertiary/aromatic N) is 5. The highest BCUT2D eigenvalue weighted by Crippen LogP contribution is 2.25. The van der Waals surface area contributed by atoms with Crippen molar-refractivity contribution in [3.63, 3.8) is 0 Å². The van der Waals surface area contributed by atoms with E-state index in [1.54, 1.807) is 17.5 Å². The van der Waals surface area contributed by atoms with Gasteiger partial charge in [0.05, 0.1) is 17.5 Å². The normalized spacial score (nSPS) is 18.0. The van der Waals surface area contributed by atoms with E-state index in [-0.39, 0.29) is 6.04 Å². The number of aromatic amines is 1. The maximum Gasteiger partial charge on any atom is 0.244 e. The van der Waals surface area contributed by atoms with Crippen molar-refractivity contribution in [2.45, 2.75) is 19.5 Å². The molecule has 0 aliphatic carbocycles. The van der Waals surface area contributed by atoms with E-state index in [1.807, 2.05) is 23.7 Å². The van der Waals surface area contributed by atoms with Gasteiger partial charge in [-0.25, -0.2) is 4.98 Å². The fraction of sp³-hybridized carbons (Fsp3) is 0.438. The molecule has 1 unspecified atom stereocenters. The third-order valence-corrected chi connectivity index (χ3v) is 5.29. The quantitative estimate of drug-likeness (QED) is 0.766. The Morgan fingerprint density at radius 3 is 2.92 bits per heavy atom. The lowest BCUT2D eigenvalue weighted by atomic mass is 10.2. The molecular weight excluding hydrogens is 324 g/mol. The third kappa shape index (κ3) is 3.26. The molecule has 7 nitrogen and oxygen atoms in total. The average Bonchev–Trinajstić information content (AvgIpc) is 3.36. The van der Waals surface area contributed by atoms with E-state index in [4.69, 9.17) is 4.52 Å². The van der Waals surface area contributed by atoms with Crippen molar-refractivity contribution in [1.29, 1.82) is 0 Å². The summed E-state index contributed by atoms with van der Waals surface area (Å²) in [5, 5.41) is 6.14. The number of rotatable bonds is 5. The molecule has 1 aliphatic heterocycles. The predicted molar refractivity (Wildman–Crippen MR) is 91.5 cm³/mol. The van der Waals surface area contributed by atoms with Crippen LogP contribution in [0.4, 0.5) is 0 Å². The first-order chi connectivity index (χ1) is 11.8. The van der Waals surface area contributed by atoms with Crippen molar-refractivity contribution >= 4 is 11.3 Å². The molecule has 0 saturated carbocycles. The highest BCUT2D eigenvalue weighted by molar-refractivity contribution is 7.13. The zero-order valence-corrected chi connectivity index (χ0v) is 14.4. The Bertz CT molecular complexity index is 745. The SMILES string of the molecule is CC(c1nc(-c2cccs2)no1)N1CCN(Cc2ncc[nH]2)CC1. The molecule has 3 aromatic rings. The van der Waals surface area contributed by atoms with Crippen LogP contribution < -0.4 is 0 Å². The summed E-state index contributed by atoms with van der Waals surface area (Å²) in [6.07, 6.45) is 3.67. The maximum atomic E-state index is 5.49. The Kier molecular flexibility index (Phi) is 4.42.